The van der Waals surface area contributed by atoms with Crippen molar-refractivity contribution in [2.45, 2.75) is 82.6 Å². The molecule has 2 aromatic rings. The Morgan fingerprint density at radius 1 is 0.647 bits per heavy atom. The fourth-order valence-corrected chi connectivity index (χ4v) is 12.2. The molecule has 8 unspecified atom stereocenters. The van der Waals surface area contributed by atoms with E-state index in [0.29, 0.717) is 5.92 Å². The SMILES string of the molecule is CC1=CC=CC2[CH-]C3(C)C4(C)C=CC=CC4(C)C4(C)C=CC=CC4(C)C3(C)C12C.CC1=[C-]CC=C1.Cc1ccc([C](=[Zr+2])c2ccc(C)cc2)cc1. The van der Waals surface area contributed by atoms with Gasteiger partial charge in [0.25, 0.3) is 0 Å². The first-order valence-electron chi connectivity index (χ1n) is 18.9. The van der Waals surface area contributed by atoms with Gasteiger partial charge in [0.1, 0.15) is 0 Å². The van der Waals surface area contributed by atoms with Crippen LogP contribution < -0.4 is 0 Å². The normalized spacial score (nSPS) is 39.0. The molecule has 0 heterocycles. The molecule has 6 aliphatic rings. The molecule has 262 valence electrons. The first kappa shape index (κ1) is 37.9. The van der Waals surface area contributed by atoms with Crippen molar-refractivity contribution in [3.63, 3.8) is 0 Å². The van der Waals surface area contributed by atoms with E-state index in [4.69, 9.17) is 0 Å². The number of benzene rings is 2. The molecule has 2 saturated carbocycles. The molecule has 8 atom stereocenters. The monoisotopic (exact) mass is 748 g/mol. The van der Waals surface area contributed by atoms with Gasteiger partial charge in [0.15, 0.2) is 0 Å². The molecule has 0 N–H and O–H groups in total. The number of hydrogen-bond acceptors (Lipinski definition) is 0. The van der Waals surface area contributed by atoms with Crippen molar-refractivity contribution in [3.8, 4) is 0 Å². The van der Waals surface area contributed by atoms with Gasteiger partial charge >= 0.3 is 112 Å². The van der Waals surface area contributed by atoms with Crippen LogP contribution in [0, 0.1) is 70.2 Å². The summed E-state index contributed by atoms with van der Waals surface area (Å²) in [5, 5.41) is 0. The third-order valence-electron chi connectivity index (χ3n) is 15.6. The van der Waals surface area contributed by atoms with Crippen LogP contribution >= 0.6 is 0 Å². The van der Waals surface area contributed by atoms with Gasteiger partial charge in [-0.15, -0.1) is 23.8 Å². The number of allylic oxidation sites excluding steroid dienone is 16. The molecule has 8 rings (SSSR count). The minimum absolute atomic E-state index is 0.00615. The zero-order valence-electron chi connectivity index (χ0n) is 33.0. The average Bonchev–Trinajstić information content (AvgIpc) is 3.67. The summed E-state index contributed by atoms with van der Waals surface area (Å²) in [5.41, 5.74) is 8.32. The molecule has 0 saturated heterocycles. The van der Waals surface area contributed by atoms with Gasteiger partial charge in [-0.25, -0.2) is 11.6 Å². The van der Waals surface area contributed by atoms with Crippen LogP contribution in [0.1, 0.15) is 91.0 Å². The molecule has 0 spiro atoms. The van der Waals surface area contributed by atoms with E-state index in [9.17, 15) is 0 Å². The number of hydrogen-bond donors (Lipinski definition) is 0. The van der Waals surface area contributed by atoms with E-state index in [1.807, 2.05) is 0 Å². The number of aryl methyl sites for hydroxylation is 2. The molecule has 0 aliphatic heterocycles. The zero-order chi connectivity index (χ0) is 37.1. The third kappa shape index (κ3) is 5.18. The van der Waals surface area contributed by atoms with Gasteiger partial charge < -0.3 is 6.42 Å². The molecule has 0 nitrogen and oxygen atoms in total. The second-order valence-electron chi connectivity index (χ2n) is 17.3. The van der Waals surface area contributed by atoms with Gasteiger partial charge in [0.05, 0.1) is 0 Å². The second kappa shape index (κ2) is 13.2. The number of rotatable bonds is 2. The summed E-state index contributed by atoms with van der Waals surface area (Å²) in [5.74, 6) is 0.460. The maximum atomic E-state index is 3.12. The Labute approximate surface area is 325 Å². The Morgan fingerprint density at radius 2 is 1.12 bits per heavy atom. The number of fused-ring (bicyclic) bond motifs is 8. The standard InChI is InChI=1S/C29H37.C15H14.C6H7.Zr/c1-21-14-13-15-22-20-27(6)25(4)18-10-9-16-23(25,2)24(3)17-11-12-19-26(24,5)29(27,8)28(21,22)7;1-12-3-7-14(8-4-12)11-15-9-5-13(2)6-10-15;1-6-4-2-3-5-6;/h9-20,22H,1-8H3;3-10H,1-2H3;2,4H,3H2,1H3;/q-1;;-1;+2. The molecule has 0 amide bonds. The fraction of sp³-hybridized carbons (Fsp3) is 0.400. The maximum absolute atomic E-state index is 3.12. The Morgan fingerprint density at radius 3 is 1.57 bits per heavy atom. The van der Waals surface area contributed by atoms with E-state index in [0.717, 1.165) is 6.42 Å². The molecule has 0 bridgehead atoms. The van der Waals surface area contributed by atoms with Crippen LogP contribution in [0.4, 0.5) is 0 Å². The van der Waals surface area contributed by atoms with E-state index >= 15 is 0 Å². The van der Waals surface area contributed by atoms with E-state index in [2.05, 4.69) is 216 Å². The van der Waals surface area contributed by atoms with Crippen LogP contribution in [0.25, 0.3) is 0 Å². The van der Waals surface area contributed by atoms with Crippen molar-refractivity contribution in [1.82, 2.24) is 0 Å². The van der Waals surface area contributed by atoms with Gasteiger partial charge in [-0.1, -0.05) is 122 Å². The molecular weight excluding hydrogens is 692 g/mol. The molecule has 2 aromatic carbocycles. The fourth-order valence-electron chi connectivity index (χ4n) is 11.4. The minimum atomic E-state index is 0.00615. The summed E-state index contributed by atoms with van der Waals surface area (Å²) in [4.78, 5) is 0. The molecule has 0 aromatic heterocycles. The molecule has 0 radical (unpaired) electrons. The predicted molar refractivity (Wildman–Crippen MR) is 216 cm³/mol. The molecule has 1 heteroatoms. The summed E-state index contributed by atoms with van der Waals surface area (Å²) in [6.45, 7) is 26.6. The van der Waals surface area contributed by atoms with Gasteiger partial charge in [0.2, 0.25) is 0 Å². The first-order valence-corrected chi connectivity index (χ1v) is 20.1. The van der Waals surface area contributed by atoms with Crippen LogP contribution in [0.5, 0.6) is 0 Å². The van der Waals surface area contributed by atoms with Crippen molar-refractivity contribution in [1.29, 1.82) is 0 Å². The Bertz CT molecular complexity index is 1890. The van der Waals surface area contributed by atoms with Crippen LogP contribution in [0.2, 0.25) is 0 Å². The van der Waals surface area contributed by atoms with E-state index in [-0.39, 0.29) is 37.9 Å². The summed E-state index contributed by atoms with van der Waals surface area (Å²) in [7, 11) is 0. The average molecular weight is 750 g/mol. The van der Waals surface area contributed by atoms with Crippen molar-refractivity contribution in [2.24, 2.45) is 43.8 Å². The van der Waals surface area contributed by atoms with Gasteiger partial charge in [-0.05, 0) is 28.6 Å². The van der Waals surface area contributed by atoms with Crippen LogP contribution in [-0.4, -0.2) is 3.21 Å². The van der Waals surface area contributed by atoms with Gasteiger partial charge in [0, 0.05) is 10.8 Å². The van der Waals surface area contributed by atoms with Crippen molar-refractivity contribution in [2.75, 3.05) is 0 Å². The van der Waals surface area contributed by atoms with Crippen LogP contribution in [0.15, 0.2) is 139 Å². The van der Waals surface area contributed by atoms with Gasteiger partial charge in [-0.3, -0.25) is 6.08 Å². The predicted octanol–water partition coefficient (Wildman–Crippen LogP) is 12.8. The summed E-state index contributed by atoms with van der Waals surface area (Å²) >= 11 is 1.46. The molecular formula is C50H58Zr. The third-order valence-corrected chi connectivity index (χ3v) is 17.0. The summed E-state index contributed by atoms with van der Waals surface area (Å²) in [6.07, 6.45) is 37.6. The molecule has 51 heavy (non-hydrogen) atoms. The first-order chi connectivity index (χ1) is 24.0. The van der Waals surface area contributed by atoms with E-state index in [1.165, 1.54) is 60.8 Å². The van der Waals surface area contributed by atoms with Crippen LogP contribution in [0.3, 0.4) is 0 Å². The topological polar surface area (TPSA) is 0 Å². The molecule has 6 aliphatic carbocycles. The van der Waals surface area contributed by atoms with Crippen molar-refractivity contribution < 1.29 is 24.2 Å². The Balaban J connectivity index is 0.000000170. The molecule has 2 fully saturated rings. The summed E-state index contributed by atoms with van der Waals surface area (Å²) in [6, 6.07) is 17.5. The van der Waals surface area contributed by atoms with E-state index < -0.39 is 0 Å². The quantitative estimate of drug-likeness (QED) is 0.268. The van der Waals surface area contributed by atoms with Crippen LogP contribution in [-0.2, 0) is 24.2 Å². The van der Waals surface area contributed by atoms with Crippen molar-refractivity contribution in [3.05, 3.63) is 173 Å². The van der Waals surface area contributed by atoms with E-state index in [1.54, 1.807) is 0 Å². The Hall–Kier alpha value is -2.89. The second-order valence-corrected chi connectivity index (χ2v) is 18.5. The Kier molecular flexibility index (Phi) is 9.80. The van der Waals surface area contributed by atoms with Crippen molar-refractivity contribution >= 4 is 3.21 Å². The zero-order valence-corrected chi connectivity index (χ0v) is 35.4. The summed E-state index contributed by atoms with van der Waals surface area (Å²) < 4.78 is 1.42. The van der Waals surface area contributed by atoms with Gasteiger partial charge in [-0.2, -0.15) is 6.08 Å².